The average Bonchev–Trinajstić information content (AvgIpc) is 3.24. The Kier molecular flexibility index (Phi) is 10.2. The number of hydrogen-bond acceptors (Lipinski definition) is 7. The molecule has 12 heteroatoms. The topological polar surface area (TPSA) is 83.2 Å². The highest BCUT2D eigenvalue weighted by atomic mass is 35.5. The first-order valence-corrected chi connectivity index (χ1v) is 12.3. The van der Waals surface area contributed by atoms with Crippen LogP contribution in [0.1, 0.15) is 29.8 Å². The van der Waals surface area contributed by atoms with E-state index in [1.165, 1.54) is 48.4 Å². The number of nitrogens with one attached hydrogen (secondary N) is 1. The second kappa shape index (κ2) is 12.7. The smallest absolute Gasteiger partial charge is 0.406 e. The van der Waals surface area contributed by atoms with Crippen molar-refractivity contribution in [1.82, 2.24) is 9.55 Å². The molecule has 0 atom stereocenters. The van der Waals surface area contributed by atoms with Crippen molar-refractivity contribution in [3.8, 4) is 11.8 Å². The number of aryl methyl sites for hydroxylation is 2. The first kappa shape index (κ1) is 28.3. The number of hydrogen-bond donors (Lipinski definition) is 1. The van der Waals surface area contributed by atoms with Gasteiger partial charge in [0.25, 0.3) is 5.56 Å². The minimum absolute atomic E-state index is 0.216. The number of nitrogens with zero attached hydrogens (tertiary/aromatic N) is 4. The fraction of sp³-hybridized carbons (Fsp3) is 0.435. The molecule has 1 aliphatic rings. The van der Waals surface area contributed by atoms with Crippen molar-refractivity contribution in [3.63, 3.8) is 0 Å². The van der Waals surface area contributed by atoms with Crippen LogP contribution >= 0.6 is 22.9 Å². The normalized spacial score (nSPS) is 13.2. The van der Waals surface area contributed by atoms with E-state index in [0.29, 0.717) is 0 Å². The number of nitriles is 1. The molecule has 1 aromatic carbocycles. The van der Waals surface area contributed by atoms with Crippen molar-refractivity contribution in [3.05, 3.63) is 45.2 Å². The maximum absolute atomic E-state index is 12.4. The van der Waals surface area contributed by atoms with E-state index in [-0.39, 0.29) is 16.9 Å². The molecule has 1 aliphatic heterocycles. The van der Waals surface area contributed by atoms with Gasteiger partial charge in [0, 0.05) is 39.3 Å². The summed E-state index contributed by atoms with van der Waals surface area (Å²) in [5.41, 5.74) is 2.29. The molecule has 0 spiro atoms. The lowest BCUT2D eigenvalue weighted by Gasteiger charge is -2.29. The highest BCUT2D eigenvalue weighted by Crippen LogP contribution is 2.32. The van der Waals surface area contributed by atoms with E-state index in [1.807, 2.05) is 6.92 Å². The number of benzene rings is 1. The third kappa shape index (κ3) is 7.26. The molecule has 7 nitrogen and oxygen atoms in total. The van der Waals surface area contributed by atoms with Gasteiger partial charge in [-0.2, -0.15) is 5.26 Å². The van der Waals surface area contributed by atoms with Gasteiger partial charge in [0.1, 0.15) is 27.7 Å². The summed E-state index contributed by atoms with van der Waals surface area (Å²) in [4.78, 5) is 20.0. The Hall–Kier alpha value is -2.97. The predicted octanol–water partition coefficient (Wildman–Crippen LogP) is 5.65. The molecule has 0 bridgehead atoms. The van der Waals surface area contributed by atoms with E-state index in [1.54, 1.807) is 18.7 Å². The van der Waals surface area contributed by atoms with Crippen molar-refractivity contribution >= 4 is 44.7 Å². The van der Waals surface area contributed by atoms with E-state index in [4.69, 9.17) is 0 Å². The molecule has 1 fully saturated rings. The van der Waals surface area contributed by atoms with Crippen LogP contribution in [-0.2, 0) is 7.05 Å². The number of halogens is 4. The van der Waals surface area contributed by atoms with Crippen LogP contribution < -0.4 is 20.5 Å². The van der Waals surface area contributed by atoms with Gasteiger partial charge in [0.2, 0.25) is 0 Å². The molecule has 4 rings (SSSR count). The molecule has 1 N–H and O–H groups in total. The standard InChI is InChI=1S/C14H16N4OS.C8H8F3NO.CH3Cl/c1-9-16-11-12(18-6-4-3-5-7-18)10(8-15)13(19)17(2)14(11)20-9;1-12-6-2-4-7(5-3-6)13-8(9,10)11;1-2/h3-7H2,1-2H3;2-5,12H,1H3;1H3. The zero-order chi connectivity index (χ0) is 26.2. The Morgan fingerprint density at radius 3 is 2.29 bits per heavy atom. The lowest BCUT2D eigenvalue weighted by Crippen LogP contribution is -2.33. The van der Waals surface area contributed by atoms with E-state index in [2.05, 4.69) is 37.6 Å². The maximum Gasteiger partial charge on any atom is 0.573 e. The highest BCUT2D eigenvalue weighted by Gasteiger charge is 2.31. The van der Waals surface area contributed by atoms with Crippen LogP contribution in [0.3, 0.4) is 0 Å². The fourth-order valence-corrected chi connectivity index (χ4v) is 4.50. The van der Waals surface area contributed by atoms with E-state index >= 15 is 0 Å². The number of rotatable bonds is 3. The molecule has 0 amide bonds. The van der Waals surface area contributed by atoms with Crippen LogP contribution in [0.15, 0.2) is 29.1 Å². The maximum atomic E-state index is 12.4. The lowest BCUT2D eigenvalue weighted by molar-refractivity contribution is -0.274. The van der Waals surface area contributed by atoms with E-state index < -0.39 is 6.36 Å². The molecule has 0 saturated carbocycles. The zero-order valence-corrected chi connectivity index (χ0v) is 21.4. The molecule has 3 heterocycles. The molecule has 0 unspecified atom stereocenters. The first-order chi connectivity index (χ1) is 16.6. The second-order valence-corrected chi connectivity index (χ2v) is 8.64. The SMILES string of the molecule is CCl.CNc1ccc(OC(F)(F)F)cc1.Cc1nc2c(N3CCCCC3)c(C#N)c(=O)n(C)c2s1. The minimum Gasteiger partial charge on any atom is -0.406 e. The molecule has 0 aliphatic carbocycles. The van der Waals surface area contributed by atoms with Crippen LogP contribution in [0.5, 0.6) is 5.75 Å². The summed E-state index contributed by atoms with van der Waals surface area (Å²) in [5, 5.41) is 13.1. The number of pyridine rings is 1. The van der Waals surface area contributed by atoms with Gasteiger partial charge >= 0.3 is 6.36 Å². The van der Waals surface area contributed by atoms with E-state index in [0.717, 1.165) is 52.7 Å². The largest absolute Gasteiger partial charge is 0.573 e. The van der Waals surface area contributed by atoms with E-state index in [9.17, 15) is 23.2 Å². The van der Waals surface area contributed by atoms with Crippen molar-refractivity contribution in [2.24, 2.45) is 7.05 Å². The Labute approximate surface area is 210 Å². The summed E-state index contributed by atoms with van der Waals surface area (Å²) in [5.74, 6) is -0.216. The third-order valence-corrected chi connectivity index (χ3v) is 6.21. The number of alkyl halides is 4. The van der Waals surface area contributed by atoms with Crippen molar-refractivity contribution in [2.45, 2.75) is 32.5 Å². The average molecular weight is 530 g/mol. The fourth-order valence-electron chi connectivity index (χ4n) is 3.63. The monoisotopic (exact) mass is 529 g/mol. The van der Waals surface area contributed by atoms with Crippen LogP contribution in [-0.4, -0.2) is 42.4 Å². The van der Waals surface area contributed by atoms with Gasteiger partial charge in [0.05, 0.1) is 10.7 Å². The van der Waals surface area contributed by atoms with Crippen LogP contribution in [0.25, 0.3) is 10.3 Å². The van der Waals surface area contributed by atoms with Crippen molar-refractivity contribution < 1.29 is 17.9 Å². The molecule has 190 valence electrons. The Balaban J connectivity index is 0.000000251. The number of piperidine rings is 1. The number of aromatic nitrogens is 2. The molecular formula is C23H27ClF3N5O2S. The number of anilines is 2. The third-order valence-electron chi connectivity index (χ3n) is 5.16. The number of fused-ring (bicyclic) bond motifs is 1. The predicted molar refractivity (Wildman–Crippen MR) is 135 cm³/mol. The van der Waals surface area contributed by atoms with Gasteiger partial charge in [-0.05, 0) is 50.5 Å². The molecular weight excluding hydrogens is 503 g/mol. The van der Waals surface area contributed by atoms with Crippen LogP contribution in [0.2, 0.25) is 0 Å². The number of thiazole rings is 1. The van der Waals surface area contributed by atoms with Gasteiger partial charge in [-0.25, -0.2) is 4.98 Å². The summed E-state index contributed by atoms with van der Waals surface area (Å²) >= 11 is 6.14. The summed E-state index contributed by atoms with van der Waals surface area (Å²) in [6, 6.07) is 7.59. The summed E-state index contributed by atoms with van der Waals surface area (Å²) in [6.45, 7) is 3.72. The highest BCUT2D eigenvalue weighted by molar-refractivity contribution is 7.18. The molecule has 0 radical (unpaired) electrons. The Morgan fingerprint density at radius 1 is 1.17 bits per heavy atom. The second-order valence-electron chi connectivity index (χ2n) is 7.46. The Bertz CT molecular complexity index is 1210. The zero-order valence-electron chi connectivity index (χ0n) is 19.9. The summed E-state index contributed by atoms with van der Waals surface area (Å²) < 4.78 is 40.3. The van der Waals surface area contributed by atoms with Crippen LogP contribution in [0, 0.1) is 18.3 Å². The van der Waals surface area contributed by atoms with Gasteiger partial charge < -0.3 is 19.5 Å². The quantitative estimate of drug-likeness (QED) is 0.442. The Morgan fingerprint density at radius 2 is 1.77 bits per heavy atom. The summed E-state index contributed by atoms with van der Waals surface area (Å²) in [7, 11) is 3.39. The lowest BCUT2D eigenvalue weighted by atomic mass is 10.1. The first-order valence-electron chi connectivity index (χ1n) is 10.7. The summed E-state index contributed by atoms with van der Waals surface area (Å²) in [6.07, 6.45) is 0.263. The van der Waals surface area contributed by atoms with Gasteiger partial charge in [-0.1, -0.05) is 0 Å². The molecule has 35 heavy (non-hydrogen) atoms. The molecule has 1 saturated heterocycles. The molecule has 3 aromatic rings. The van der Waals surface area contributed by atoms with Crippen molar-refractivity contribution in [2.75, 3.05) is 36.7 Å². The molecule has 2 aromatic heterocycles. The van der Waals surface area contributed by atoms with Gasteiger partial charge in [-0.3, -0.25) is 4.79 Å². The number of ether oxygens (including phenoxy) is 1. The van der Waals surface area contributed by atoms with Gasteiger partial charge in [0.15, 0.2) is 0 Å². The minimum atomic E-state index is -4.62. The van der Waals surface area contributed by atoms with Crippen molar-refractivity contribution in [1.29, 1.82) is 5.26 Å². The van der Waals surface area contributed by atoms with Gasteiger partial charge in [-0.15, -0.1) is 36.1 Å². The van der Waals surface area contributed by atoms with Crippen LogP contribution in [0.4, 0.5) is 24.5 Å².